The van der Waals surface area contributed by atoms with Crippen LogP contribution in [0.5, 0.6) is 0 Å². The Labute approximate surface area is 140 Å². The van der Waals surface area contributed by atoms with Crippen LogP contribution in [0, 0.1) is 0 Å². The molecular weight excluding hydrogens is 292 g/mol. The SMILES string of the molecule is C=C(C)CN(CC)C(=O)CN1CCN(CC(=O)NCCC)CC1. The summed E-state index contributed by atoms with van der Waals surface area (Å²) in [5.74, 6) is 0.250. The molecule has 0 saturated carbocycles. The number of nitrogens with zero attached hydrogens (tertiary/aromatic N) is 3. The Balaban J connectivity index is 2.31. The molecule has 0 radical (unpaired) electrons. The number of carbonyl (C=O) groups is 2. The summed E-state index contributed by atoms with van der Waals surface area (Å²) in [6.07, 6.45) is 0.958. The molecule has 1 heterocycles. The molecule has 0 aromatic carbocycles. The van der Waals surface area contributed by atoms with Crippen LogP contribution in [0.15, 0.2) is 12.2 Å². The zero-order valence-corrected chi connectivity index (χ0v) is 14.9. The fraction of sp³-hybridized carbons (Fsp3) is 0.765. The fourth-order valence-electron chi connectivity index (χ4n) is 2.62. The molecule has 0 aromatic heterocycles. The molecule has 1 aliphatic rings. The quantitative estimate of drug-likeness (QED) is 0.630. The van der Waals surface area contributed by atoms with E-state index in [0.717, 1.165) is 44.7 Å². The molecule has 23 heavy (non-hydrogen) atoms. The van der Waals surface area contributed by atoms with Gasteiger partial charge in [-0.1, -0.05) is 19.1 Å². The van der Waals surface area contributed by atoms with Crippen molar-refractivity contribution in [3.05, 3.63) is 12.2 Å². The van der Waals surface area contributed by atoms with Crippen LogP contribution in [0.1, 0.15) is 27.2 Å². The number of amides is 2. The number of hydrogen-bond acceptors (Lipinski definition) is 4. The largest absolute Gasteiger partial charge is 0.355 e. The fourth-order valence-corrected chi connectivity index (χ4v) is 2.62. The smallest absolute Gasteiger partial charge is 0.237 e. The second-order valence-corrected chi connectivity index (χ2v) is 6.27. The second kappa shape index (κ2) is 10.4. The number of carbonyl (C=O) groups excluding carboxylic acids is 2. The first-order valence-corrected chi connectivity index (χ1v) is 8.59. The number of likely N-dealkylation sites (N-methyl/N-ethyl adjacent to an activating group) is 1. The van der Waals surface area contributed by atoms with Crippen molar-refractivity contribution in [2.75, 3.05) is 58.9 Å². The van der Waals surface area contributed by atoms with Crippen molar-refractivity contribution in [3.63, 3.8) is 0 Å². The van der Waals surface area contributed by atoms with Crippen molar-refractivity contribution in [1.82, 2.24) is 20.0 Å². The van der Waals surface area contributed by atoms with E-state index in [1.54, 1.807) is 0 Å². The third kappa shape index (κ3) is 7.61. The molecule has 6 nitrogen and oxygen atoms in total. The van der Waals surface area contributed by atoms with E-state index in [4.69, 9.17) is 0 Å². The van der Waals surface area contributed by atoms with Gasteiger partial charge in [0.05, 0.1) is 13.1 Å². The van der Waals surface area contributed by atoms with Crippen LogP contribution in [0.3, 0.4) is 0 Å². The highest BCUT2D eigenvalue weighted by Crippen LogP contribution is 2.04. The molecule has 132 valence electrons. The molecule has 1 rings (SSSR count). The second-order valence-electron chi connectivity index (χ2n) is 6.27. The Kier molecular flexibility index (Phi) is 8.87. The molecule has 0 atom stereocenters. The van der Waals surface area contributed by atoms with E-state index in [2.05, 4.69) is 21.7 Å². The van der Waals surface area contributed by atoms with Crippen molar-refractivity contribution in [3.8, 4) is 0 Å². The molecule has 0 aromatic rings. The van der Waals surface area contributed by atoms with Gasteiger partial charge in [-0.3, -0.25) is 19.4 Å². The van der Waals surface area contributed by atoms with Crippen LogP contribution in [-0.2, 0) is 9.59 Å². The predicted octanol–water partition coefficient (Wildman–Crippen LogP) is 0.555. The minimum atomic E-state index is 0.0926. The molecule has 0 bridgehead atoms. The standard InChI is InChI=1S/C17H32N4O2/c1-5-7-18-16(22)13-19-8-10-20(11-9-19)14-17(23)21(6-2)12-15(3)4/h3,5-14H2,1-2,4H3,(H,18,22). The molecule has 1 saturated heterocycles. The van der Waals surface area contributed by atoms with Gasteiger partial charge in [-0.15, -0.1) is 0 Å². The van der Waals surface area contributed by atoms with E-state index in [0.29, 0.717) is 26.2 Å². The van der Waals surface area contributed by atoms with E-state index < -0.39 is 0 Å². The first-order chi connectivity index (χ1) is 11.0. The normalized spacial score (nSPS) is 16.1. The van der Waals surface area contributed by atoms with Crippen molar-refractivity contribution in [2.45, 2.75) is 27.2 Å². The Hall–Kier alpha value is -1.40. The maximum absolute atomic E-state index is 12.3. The van der Waals surface area contributed by atoms with Crippen molar-refractivity contribution in [2.24, 2.45) is 0 Å². The maximum atomic E-state index is 12.3. The van der Waals surface area contributed by atoms with Gasteiger partial charge in [-0.25, -0.2) is 0 Å². The first kappa shape index (κ1) is 19.6. The van der Waals surface area contributed by atoms with Gasteiger partial charge >= 0.3 is 0 Å². The summed E-state index contributed by atoms with van der Waals surface area (Å²) in [6.45, 7) is 16.2. The van der Waals surface area contributed by atoms with Crippen LogP contribution in [-0.4, -0.2) is 85.4 Å². The number of rotatable bonds is 9. The number of hydrogen-bond donors (Lipinski definition) is 1. The highest BCUT2D eigenvalue weighted by atomic mass is 16.2. The summed E-state index contributed by atoms with van der Waals surface area (Å²) in [5, 5.41) is 2.90. The van der Waals surface area contributed by atoms with Crippen molar-refractivity contribution >= 4 is 11.8 Å². The minimum absolute atomic E-state index is 0.0926. The van der Waals surface area contributed by atoms with E-state index in [9.17, 15) is 9.59 Å². The molecule has 0 unspecified atom stereocenters. The van der Waals surface area contributed by atoms with Gasteiger partial charge in [-0.05, 0) is 20.3 Å². The van der Waals surface area contributed by atoms with Gasteiger partial charge in [0.1, 0.15) is 0 Å². The summed E-state index contributed by atoms with van der Waals surface area (Å²) < 4.78 is 0. The average molecular weight is 324 g/mol. The van der Waals surface area contributed by atoms with Crippen LogP contribution in [0.4, 0.5) is 0 Å². The first-order valence-electron chi connectivity index (χ1n) is 8.59. The maximum Gasteiger partial charge on any atom is 0.237 e. The third-order valence-electron chi connectivity index (χ3n) is 3.96. The molecule has 0 spiro atoms. The highest BCUT2D eigenvalue weighted by Gasteiger charge is 2.22. The van der Waals surface area contributed by atoms with Crippen molar-refractivity contribution in [1.29, 1.82) is 0 Å². The van der Waals surface area contributed by atoms with Gasteiger partial charge in [-0.2, -0.15) is 0 Å². The lowest BCUT2D eigenvalue weighted by molar-refractivity contribution is -0.132. The third-order valence-corrected chi connectivity index (χ3v) is 3.96. The van der Waals surface area contributed by atoms with Gasteiger partial charge < -0.3 is 10.2 Å². The van der Waals surface area contributed by atoms with Gasteiger partial charge in [0.2, 0.25) is 11.8 Å². The van der Waals surface area contributed by atoms with Gasteiger partial charge in [0.15, 0.2) is 0 Å². The Morgan fingerprint density at radius 2 is 1.65 bits per heavy atom. The Morgan fingerprint density at radius 1 is 1.09 bits per heavy atom. The van der Waals surface area contributed by atoms with E-state index in [1.807, 2.05) is 25.7 Å². The molecule has 1 N–H and O–H groups in total. The number of nitrogens with one attached hydrogen (secondary N) is 1. The topological polar surface area (TPSA) is 55.9 Å². The lowest BCUT2D eigenvalue weighted by Gasteiger charge is -2.35. The molecule has 0 aliphatic carbocycles. The van der Waals surface area contributed by atoms with Gasteiger partial charge in [0, 0.05) is 45.8 Å². The van der Waals surface area contributed by atoms with Crippen LogP contribution >= 0.6 is 0 Å². The van der Waals surface area contributed by atoms with Crippen LogP contribution < -0.4 is 5.32 Å². The van der Waals surface area contributed by atoms with E-state index in [1.165, 1.54) is 0 Å². The summed E-state index contributed by atoms with van der Waals surface area (Å²) in [5.41, 5.74) is 1.00. The highest BCUT2D eigenvalue weighted by molar-refractivity contribution is 5.79. The van der Waals surface area contributed by atoms with Crippen LogP contribution in [0.25, 0.3) is 0 Å². The molecule has 1 aliphatic heterocycles. The molecule has 1 fully saturated rings. The zero-order valence-electron chi connectivity index (χ0n) is 14.9. The summed E-state index contributed by atoms with van der Waals surface area (Å²) in [7, 11) is 0. The monoisotopic (exact) mass is 324 g/mol. The Bertz CT molecular complexity index is 403. The lowest BCUT2D eigenvalue weighted by atomic mass is 10.2. The number of piperazine rings is 1. The predicted molar refractivity (Wildman–Crippen MR) is 93.2 cm³/mol. The average Bonchev–Trinajstić information content (AvgIpc) is 2.52. The van der Waals surface area contributed by atoms with E-state index in [-0.39, 0.29) is 11.8 Å². The molecule has 6 heteroatoms. The summed E-state index contributed by atoms with van der Waals surface area (Å²) >= 11 is 0. The summed E-state index contributed by atoms with van der Waals surface area (Å²) in [6, 6.07) is 0. The van der Waals surface area contributed by atoms with Gasteiger partial charge in [0.25, 0.3) is 0 Å². The minimum Gasteiger partial charge on any atom is -0.355 e. The van der Waals surface area contributed by atoms with E-state index >= 15 is 0 Å². The summed E-state index contributed by atoms with van der Waals surface area (Å²) in [4.78, 5) is 30.2. The zero-order chi connectivity index (χ0) is 17.2. The molecular formula is C17H32N4O2. The Morgan fingerprint density at radius 3 is 2.13 bits per heavy atom. The molecule has 2 amide bonds. The lowest BCUT2D eigenvalue weighted by Crippen LogP contribution is -2.52. The van der Waals surface area contributed by atoms with Crippen LogP contribution in [0.2, 0.25) is 0 Å². The van der Waals surface area contributed by atoms with Crippen molar-refractivity contribution < 1.29 is 9.59 Å².